The van der Waals surface area contributed by atoms with Crippen molar-refractivity contribution in [1.82, 2.24) is 10.1 Å². The maximum absolute atomic E-state index is 15.0. The number of carboxylic acid groups (broad SMARTS) is 1. The number of halogens is 1. The van der Waals surface area contributed by atoms with Gasteiger partial charge in [0.15, 0.2) is 17.3 Å². The summed E-state index contributed by atoms with van der Waals surface area (Å²) in [5.74, 6) is 0.281. The number of carbonyl (C=O) groups is 1. The van der Waals surface area contributed by atoms with E-state index in [0.717, 1.165) is 43.9 Å². The van der Waals surface area contributed by atoms with Gasteiger partial charge >= 0.3 is 5.97 Å². The second-order valence-electron chi connectivity index (χ2n) is 13.1. The van der Waals surface area contributed by atoms with E-state index < -0.39 is 11.8 Å². The molecule has 41 heavy (non-hydrogen) atoms. The van der Waals surface area contributed by atoms with Gasteiger partial charge in [-0.2, -0.15) is 0 Å². The monoisotopic (exact) mass is 566 g/mol. The predicted molar refractivity (Wildman–Crippen MR) is 151 cm³/mol. The van der Waals surface area contributed by atoms with Gasteiger partial charge in [0.2, 0.25) is 11.6 Å². The molecule has 0 unspecified atom stereocenters. The Hall–Kier alpha value is -3.62. The van der Waals surface area contributed by atoms with Crippen LogP contribution in [0.5, 0.6) is 17.4 Å². The first kappa shape index (κ1) is 28.9. The van der Waals surface area contributed by atoms with Crippen LogP contribution in [0.2, 0.25) is 0 Å². The molecule has 2 saturated carbocycles. The lowest BCUT2D eigenvalue weighted by atomic mass is 9.64. The zero-order valence-electron chi connectivity index (χ0n) is 24.4. The van der Waals surface area contributed by atoms with E-state index in [1.807, 2.05) is 24.3 Å². The summed E-state index contributed by atoms with van der Waals surface area (Å²) in [6.45, 7) is 8.98. The molecule has 2 heterocycles. The van der Waals surface area contributed by atoms with Gasteiger partial charge in [-0.1, -0.05) is 45.0 Å². The Morgan fingerprint density at radius 3 is 2.56 bits per heavy atom. The Kier molecular flexibility index (Phi) is 7.99. The summed E-state index contributed by atoms with van der Waals surface area (Å²) in [5, 5.41) is 13.7. The molecule has 8 nitrogen and oxygen atoms in total. The van der Waals surface area contributed by atoms with E-state index in [1.54, 1.807) is 0 Å². The fourth-order valence-corrected chi connectivity index (χ4v) is 6.63. The molecule has 2 aromatic heterocycles. The SMILES string of the molecule is COc1cc(-c2onc(COc3cccc([C@@H](CC(=O)O)C4CC4)c3)c2OC2CC(C)(C)CC(C)(C)C2)c(F)cn1. The van der Waals surface area contributed by atoms with E-state index in [1.165, 1.54) is 13.2 Å². The van der Waals surface area contributed by atoms with Gasteiger partial charge in [-0.05, 0) is 72.5 Å². The molecule has 3 aromatic rings. The maximum Gasteiger partial charge on any atom is 0.303 e. The van der Waals surface area contributed by atoms with Crippen molar-refractivity contribution in [2.45, 2.75) is 84.8 Å². The molecule has 5 rings (SSSR count). The van der Waals surface area contributed by atoms with Gasteiger partial charge in [0.25, 0.3) is 0 Å². The molecular weight excluding hydrogens is 527 g/mol. The molecule has 0 bridgehead atoms. The van der Waals surface area contributed by atoms with Crippen molar-refractivity contribution >= 4 is 5.97 Å². The van der Waals surface area contributed by atoms with Crippen molar-refractivity contribution in [3.8, 4) is 28.7 Å². The Labute approximate surface area is 240 Å². The fourth-order valence-electron chi connectivity index (χ4n) is 6.63. The van der Waals surface area contributed by atoms with Gasteiger partial charge < -0.3 is 23.8 Å². The molecule has 0 aliphatic heterocycles. The summed E-state index contributed by atoms with van der Waals surface area (Å²) in [6, 6.07) is 9.01. The number of rotatable bonds is 11. The average molecular weight is 567 g/mol. The molecule has 2 fully saturated rings. The third-order valence-corrected chi connectivity index (χ3v) is 8.05. The number of ether oxygens (including phenoxy) is 3. The van der Waals surface area contributed by atoms with E-state index in [4.69, 9.17) is 18.7 Å². The number of hydrogen-bond donors (Lipinski definition) is 1. The number of pyridine rings is 1. The first-order chi connectivity index (χ1) is 19.4. The van der Waals surface area contributed by atoms with Gasteiger partial charge in [-0.3, -0.25) is 4.79 Å². The van der Waals surface area contributed by atoms with E-state index in [2.05, 4.69) is 37.8 Å². The molecule has 1 aromatic carbocycles. The normalized spacial score (nSPS) is 19.0. The third kappa shape index (κ3) is 7.00. The smallest absolute Gasteiger partial charge is 0.303 e. The van der Waals surface area contributed by atoms with Gasteiger partial charge in [-0.15, -0.1) is 0 Å². The van der Waals surface area contributed by atoms with E-state index in [-0.39, 0.29) is 53.1 Å². The predicted octanol–water partition coefficient (Wildman–Crippen LogP) is 7.42. The number of methoxy groups -OCH3 is 1. The third-order valence-electron chi connectivity index (χ3n) is 8.05. The Morgan fingerprint density at radius 1 is 1.17 bits per heavy atom. The van der Waals surface area contributed by atoms with Crippen LogP contribution >= 0.6 is 0 Å². The highest BCUT2D eigenvalue weighted by Gasteiger charge is 2.40. The van der Waals surface area contributed by atoms with Gasteiger partial charge in [0, 0.05) is 6.07 Å². The molecule has 1 N–H and O–H groups in total. The first-order valence-electron chi connectivity index (χ1n) is 14.2. The lowest BCUT2D eigenvalue weighted by molar-refractivity contribution is -0.137. The van der Waals surface area contributed by atoms with Crippen molar-refractivity contribution in [2.24, 2.45) is 16.7 Å². The molecular formula is C32H39FN2O6. The van der Waals surface area contributed by atoms with Crippen LogP contribution in [0.25, 0.3) is 11.3 Å². The summed E-state index contributed by atoms with van der Waals surface area (Å²) in [5.41, 5.74) is 1.64. The fraction of sp³-hybridized carbons (Fsp3) is 0.531. The van der Waals surface area contributed by atoms with Crippen LogP contribution in [-0.2, 0) is 11.4 Å². The average Bonchev–Trinajstić information content (AvgIpc) is 3.66. The van der Waals surface area contributed by atoms with Gasteiger partial charge in [0.05, 0.1) is 25.3 Å². The highest BCUT2D eigenvalue weighted by Crippen LogP contribution is 2.48. The molecule has 2 aliphatic carbocycles. The van der Waals surface area contributed by atoms with Crippen LogP contribution in [-0.4, -0.2) is 34.4 Å². The minimum absolute atomic E-state index is 0.0264. The summed E-state index contributed by atoms with van der Waals surface area (Å²) in [7, 11) is 1.46. The highest BCUT2D eigenvalue weighted by atomic mass is 19.1. The number of aliphatic carboxylic acids is 1. The molecule has 1 atom stereocenters. The lowest BCUT2D eigenvalue weighted by Gasteiger charge is -2.44. The maximum atomic E-state index is 15.0. The Morgan fingerprint density at radius 2 is 1.90 bits per heavy atom. The molecule has 0 radical (unpaired) electrons. The van der Waals surface area contributed by atoms with Crippen molar-refractivity contribution in [1.29, 1.82) is 0 Å². The van der Waals surface area contributed by atoms with Crippen LogP contribution in [0.3, 0.4) is 0 Å². The minimum atomic E-state index is -0.806. The number of benzene rings is 1. The van der Waals surface area contributed by atoms with Crippen molar-refractivity contribution in [3.63, 3.8) is 0 Å². The minimum Gasteiger partial charge on any atom is -0.487 e. The van der Waals surface area contributed by atoms with Crippen LogP contribution in [0.1, 0.15) is 83.4 Å². The Bertz CT molecular complexity index is 1380. The Balaban J connectivity index is 1.44. The zero-order chi connectivity index (χ0) is 29.4. The van der Waals surface area contributed by atoms with Crippen molar-refractivity contribution in [3.05, 3.63) is 53.6 Å². The largest absolute Gasteiger partial charge is 0.487 e. The van der Waals surface area contributed by atoms with Crippen molar-refractivity contribution < 1.29 is 33.0 Å². The first-order valence-corrected chi connectivity index (χ1v) is 14.2. The summed E-state index contributed by atoms with van der Waals surface area (Å²) < 4.78 is 38.7. The van der Waals surface area contributed by atoms with Gasteiger partial charge in [-0.25, -0.2) is 9.37 Å². The zero-order valence-corrected chi connectivity index (χ0v) is 24.4. The topological polar surface area (TPSA) is 104 Å². The standard InChI is InChI=1S/C32H39FN2O6/c1-31(2)14-22(15-32(3,4)18-31)40-30-26(35-41-29(30)24-12-27(38-5)34-16-25(24)33)17-39-21-8-6-7-20(11-21)23(13-28(36)37)19-9-10-19/h6-8,11-12,16,19,22-23H,9-10,13-15,17-18H2,1-5H3,(H,36,37)/t23-/m0/s1. The lowest BCUT2D eigenvalue weighted by Crippen LogP contribution is -2.39. The van der Waals surface area contributed by atoms with E-state index in [0.29, 0.717) is 23.1 Å². The van der Waals surface area contributed by atoms with Crippen LogP contribution < -0.4 is 14.2 Å². The van der Waals surface area contributed by atoms with Crippen LogP contribution in [0, 0.1) is 22.6 Å². The molecule has 9 heteroatoms. The van der Waals surface area contributed by atoms with E-state index in [9.17, 15) is 9.90 Å². The molecule has 220 valence electrons. The van der Waals surface area contributed by atoms with Crippen LogP contribution in [0.15, 0.2) is 41.1 Å². The van der Waals surface area contributed by atoms with Gasteiger partial charge in [0.1, 0.15) is 18.5 Å². The summed E-state index contributed by atoms with van der Waals surface area (Å²) in [4.78, 5) is 15.4. The highest BCUT2D eigenvalue weighted by molar-refractivity contribution is 5.68. The van der Waals surface area contributed by atoms with Crippen molar-refractivity contribution in [2.75, 3.05) is 7.11 Å². The quantitative estimate of drug-likeness (QED) is 0.256. The summed E-state index contributed by atoms with van der Waals surface area (Å²) >= 11 is 0. The molecule has 0 amide bonds. The van der Waals surface area contributed by atoms with Crippen LogP contribution in [0.4, 0.5) is 4.39 Å². The summed E-state index contributed by atoms with van der Waals surface area (Å²) in [6.07, 6.45) is 5.86. The van der Waals surface area contributed by atoms with E-state index >= 15 is 4.39 Å². The second-order valence-corrected chi connectivity index (χ2v) is 13.1. The molecule has 0 saturated heterocycles. The number of aromatic nitrogens is 2. The molecule has 2 aliphatic rings. The number of carboxylic acids is 1. The molecule has 0 spiro atoms. The second kappa shape index (κ2) is 11.3. The number of nitrogens with zero attached hydrogens (tertiary/aromatic N) is 2. The number of hydrogen-bond acceptors (Lipinski definition) is 7.